The van der Waals surface area contributed by atoms with E-state index in [2.05, 4.69) is 0 Å². The summed E-state index contributed by atoms with van der Waals surface area (Å²) in [7, 11) is 0. The second-order valence-electron chi connectivity index (χ2n) is 7.66. The van der Waals surface area contributed by atoms with Gasteiger partial charge in [0.05, 0.1) is 18.6 Å². The van der Waals surface area contributed by atoms with E-state index in [-0.39, 0.29) is 17.8 Å². The summed E-state index contributed by atoms with van der Waals surface area (Å²) in [5, 5.41) is 0. The van der Waals surface area contributed by atoms with Crippen molar-refractivity contribution in [1.82, 2.24) is 4.90 Å². The zero-order valence-corrected chi connectivity index (χ0v) is 16.7. The molecule has 0 unspecified atom stereocenters. The molecule has 2 fully saturated rings. The number of para-hydroxylation sites is 1. The van der Waals surface area contributed by atoms with Gasteiger partial charge in [-0.15, -0.1) is 0 Å². The minimum atomic E-state index is -0.691. The molecule has 1 aromatic carbocycles. The lowest BCUT2D eigenvalue weighted by atomic mass is 9.76. The smallest absolute Gasteiger partial charge is 0.314 e. The van der Waals surface area contributed by atoms with E-state index in [1.54, 1.807) is 0 Å². The van der Waals surface area contributed by atoms with Crippen LogP contribution in [-0.4, -0.2) is 56.3 Å². The molecule has 1 atom stereocenters. The molecule has 1 amide bonds. The maximum absolute atomic E-state index is 13.0. The van der Waals surface area contributed by atoms with Crippen LogP contribution in [0, 0.1) is 11.3 Å². The molecule has 2 aliphatic heterocycles. The van der Waals surface area contributed by atoms with Gasteiger partial charge in [0.25, 0.3) is 0 Å². The highest BCUT2D eigenvalue weighted by molar-refractivity contribution is 5.82. The van der Waals surface area contributed by atoms with E-state index in [0.717, 1.165) is 31.4 Å². The number of rotatable bonds is 7. The quantitative estimate of drug-likeness (QED) is 0.671. The third kappa shape index (κ3) is 5.04. The molecule has 2 aliphatic rings. The van der Waals surface area contributed by atoms with E-state index < -0.39 is 5.41 Å². The number of carbonyl (C=O) groups is 2. The Kier molecular flexibility index (Phi) is 7.31. The van der Waals surface area contributed by atoms with Gasteiger partial charge in [-0.3, -0.25) is 9.59 Å². The van der Waals surface area contributed by atoms with E-state index in [0.29, 0.717) is 45.9 Å². The number of carbonyl (C=O) groups excluding carboxylic acids is 2. The summed E-state index contributed by atoms with van der Waals surface area (Å²) in [6.07, 6.45) is 3.59. The highest BCUT2D eigenvalue weighted by Gasteiger charge is 2.45. The van der Waals surface area contributed by atoms with Gasteiger partial charge in [0.15, 0.2) is 0 Å². The molecule has 0 saturated carbocycles. The van der Waals surface area contributed by atoms with Crippen molar-refractivity contribution in [1.29, 1.82) is 0 Å². The first-order chi connectivity index (χ1) is 13.6. The summed E-state index contributed by atoms with van der Waals surface area (Å²) in [4.78, 5) is 27.7. The van der Waals surface area contributed by atoms with Gasteiger partial charge in [-0.1, -0.05) is 18.2 Å². The standard InChI is InChI=1S/C22H31NO5/c1-2-27-21(25)22(12-16-28-19-7-4-3-5-8-19)11-6-13-23(17-22)20(24)18-9-14-26-15-10-18/h3-5,7-8,18H,2,6,9-17H2,1H3/t22-/m0/s1. The van der Waals surface area contributed by atoms with Crippen LogP contribution in [0.2, 0.25) is 0 Å². The van der Waals surface area contributed by atoms with E-state index in [4.69, 9.17) is 14.2 Å². The number of likely N-dealkylation sites (tertiary alicyclic amines) is 1. The summed E-state index contributed by atoms with van der Waals surface area (Å²) in [6.45, 7) is 4.98. The number of esters is 1. The molecule has 1 aromatic rings. The molecule has 0 aromatic heterocycles. The van der Waals surface area contributed by atoms with Gasteiger partial charge in [0, 0.05) is 32.2 Å². The van der Waals surface area contributed by atoms with Crippen molar-refractivity contribution in [3.05, 3.63) is 30.3 Å². The van der Waals surface area contributed by atoms with E-state index in [1.807, 2.05) is 42.2 Å². The van der Waals surface area contributed by atoms with Crippen molar-refractivity contribution in [3.8, 4) is 5.75 Å². The Morgan fingerprint density at radius 2 is 1.96 bits per heavy atom. The Morgan fingerprint density at radius 1 is 1.21 bits per heavy atom. The largest absolute Gasteiger partial charge is 0.494 e. The van der Waals surface area contributed by atoms with Crippen LogP contribution in [0.4, 0.5) is 0 Å². The second kappa shape index (κ2) is 9.92. The Bertz CT molecular complexity index is 644. The SMILES string of the molecule is CCOC(=O)[C@]1(CCOc2ccccc2)CCCN(C(=O)C2CCOCC2)C1. The van der Waals surface area contributed by atoms with Crippen molar-refractivity contribution < 1.29 is 23.8 Å². The van der Waals surface area contributed by atoms with Crippen LogP contribution in [0.1, 0.15) is 39.0 Å². The van der Waals surface area contributed by atoms with Gasteiger partial charge in [-0.25, -0.2) is 0 Å². The Morgan fingerprint density at radius 3 is 2.68 bits per heavy atom. The molecule has 0 spiro atoms. The topological polar surface area (TPSA) is 65.1 Å². The van der Waals surface area contributed by atoms with Crippen LogP contribution in [0.3, 0.4) is 0 Å². The predicted octanol–water partition coefficient (Wildman–Crippen LogP) is 3.05. The zero-order chi connectivity index (χ0) is 19.8. The Labute approximate surface area is 167 Å². The highest BCUT2D eigenvalue weighted by Crippen LogP contribution is 2.36. The maximum atomic E-state index is 13.0. The lowest BCUT2D eigenvalue weighted by Gasteiger charge is -2.42. The van der Waals surface area contributed by atoms with Crippen molar-refractivity contribution in [2.24, 2.45) is 11.3 Å². The first-order valence-corrected chi connectivity index (χ1v) is 10.4. The molecule has 0 bridgehead atoms. The van der Waals surface area contributed by atoms with Gasteiger partial charge in [-0.2, -0.15) is 0 Å². The number of piperidine rings is 1. The molecule has 28 heavy (non-hydrogen) atoms. The molecule has 0 radical (unpaired) electrons. The summed E-state index contributed by atoms with van der Waals surface area (Å²) in [6, 6.07) is 9.59. The number of ether oxygens (including phenoxy) is 3. The first-order valence-electron chi connectivity index (χ1n) is 10.4. The van der Waals surface area contributed by atoms with Crippen LogP contribution in [-0.2, 0) is 19.1 Å². The minimum absolute atomic E-state index is 0.00677. The summed E-state index contributed by atoms with van der Waals surface area (Å²) < 4.78 is 16.6. The fourth-order valence-electron chi connectivity index (χ4n) is 4.16. The molecule has 0 N–H and O–H groups in total. The third-order valence-corrected chi connectivity index (χ3v) is 5.76. The number of nitrogens with zero attached hydrogens (tertiary/aromatic N) is 1. The predicted molar refractivity (Wildman–Crippen MR) is 105 cm³/mol. The lowest BCUT2D eigenvalue weighted by molar-refractivity contribution is -0.163. The molecule has 0 aliphatic carbocycles. The van der Waals surface area contributed by atoms with Crippen molar-refractivity contribution in [2.75, 3.05) is 39.5 Å². The van der Waals surface area contributed by atoms with Crippen molar-refractivity contribution >= 4 is 11.9 Å². The van der Waals surface area contributed by atoms with Crippen LogP contribution in [0.25, 0.3) is 0 Å². The van der Waals surface area contributed by atoms with Gasteiger partial charge in [0.2, 0.25) is 5.91 Å². The average molecular weight is 389 g/mol. The number of hydrogen-bond acceptors (Lipinski definition) is 5. The summed E-state index contributed by atoms with van der Waals surface area (Å²) >= 11 is 0. The molecule has 2 saturated heterocycles. The molecular formula is C22H31NO5. The lowest BCUT2D eigenvalue weighted by Crippen LogP contribution is -2.52. The Hall–Kier alpha value is -2.08. The highest BCUT2D eigenvalue weighted by atomic mass is 16.5. The first kappa shape index (κ1) is 20.6. The summed E-state index contributed by atoms with van der Waals surface area (Å²) in [5.41, 5.74) is -0.691. The minimum Gasteiger partial charge on any atom is -0.494 e. The zero-order valence-electron chi connectivity index (χ0n) is 16.7. The summed E-state index contributed by atoms with van der Waals surface area (Å²) in [5.74, 6) is 0.733. The number of hydrogen-bond donors (Lipinski definition) is 0. The molecule has 3 rings (SSSR count). The van der Waals surface area contributed by atoms with Gasteiger partial charge < -0.3 is 19.1 Å². The van der Waals surface area contributed by atoms with Gasteiger partial charge >= 0.3 is 5.97 Å². The fraction of sp³-hybridized carbons (Fsp3) is 0.636. The van der Waals surface area contributed by atoms with Crippen LogP contribution < -0.4 is 4.74 Å². The van der Waals surface area contributed by atoms with Crippen LogP contribution in [0.15, 0.2) is 30.3 Å². The van der Waals surface area contributed by atoms with Gasteiger partial charge in [0.1, 0.15) is 5.75 Å². The number of benzene rings is 1. The van der Waals surface area contributed by atoms with Crippen LogP contribution >= 0.6 is 0 Å². The van der Waals surface area contributed by atoms with Crippen molar-refractivity contribution in [3.63, 3.8) is 0 Å². The maximum Gasteiger partial charge on any atom is 0.314 e. The average Bonchev–Trinajstić information content (AvgIpc) is 2.75. The normalized spacial score (nSPS) is 23.2. The van der Waals surface area contributed by atoms with Gasteiger partial charge in [-0.05, 0) is 51.2 Å². The Balaban J connectivity index is 1.67. The monoisotopic (exact) mass is 389 g/mol. The number of amides is 1. The van der Waals surface area contributed by atoms with Crippen molar-refractivity contribution in [2.45, 2.75) is 39.0 Å². The molecule has 6 nitrogen and oxygen atoms in total. The molecule has 6 heteroatoms. The molecule has 154 valence electrons. The second-order valence-corrected chi connectivity index (χ2v) is 7.66. The third-order valence-electron chi connectivity index (χ3n) is 5.76. The van der Waals surface area contributed by atoms with E-state index in [1.165, 1.54) is 0 Å². The fourth-order valence-corrected chi connectivity index (χ4v) is 4.16. The van der Waals surface area contributed by atoms with E-state index >= 15 is 0 Å². The molecular weight excluding hydrogens is 358 g/mol. The van der Waals surface area contributed by atoms with Crippen LogP contribution in [0.5, 0.6) is 5.75 Å². The van der Waals surface area contributed by atoms with E-state index in [9.17, 15) is 9.59 Å². The molecule has 2 heterocycles.